The van der Waals surface area contributed by atoms with E-state index in [1.54, 1.807) is 4.90 Å². The van der Waals surface area contributed by atoms with E-state index in [0.717, 1.165) is 22.6 Å². The van der Waals surface area contributed by atoms with Crippen LogP contribution in [0.2, 0.25) is 0 Å². The highest BCUT2D eigenvalue weighted by molar-refractivity contribution is 14.1. The monoisotopic (exact) mass is 421 g/mol. The lowest BCUT2D eigenvalue weighted by molar-refractivity contribution is -0.125. The van der Waals surface area contributed by atoms with Crippen molar-refractivity contribution in [3.8, 4) is 0 Å². The van der Waals surface area contributed by atoms with Gasteiger partial charge < -0.3 is 10.2 Å². The molecule has 0 bridgehead atoms. The third kappa shape index (κ3) is 3.60. The van der Waals surface area contributed by atoms with Crippen molar-refractivity contribution in [1.82, 2.24) is 4.90 Å². The van der Waals surface area contributed by atoms with Crippen LogP contribution in [0.4, 0.5) is 20.2 Å². The van der Waals surface area contributed by atoms with Gasteiger partial charge in [0.1, 0.15) is 5.69 Å². The summed E-state index contributed by atoms with van der Waals surface area (Å²) in [6.07, 6.45) is 1.89. The Morgan fingerprint density at radius 2 is 2.27 bits per heavy atom. The van der Waals surface area contributed by atoms with Crippen molar-refractivity contribution >= 4 is 39.9 Å². The lowest BCUT2D eigenvalue weighted by atomic mass is 10.1. The van der Waals surface area contributed by atoms with Crippen LogP contribution in [0, 0.1) is 4.91 Å². The molecular weight excluding hydrogens is 407 g/mol. The first-order valence-electron chi connectivity index (χ1n) is 6.58. The molecule has 1 amide bonds. The third-order valence-electron chi connectivity index (χ3n) is 3.47. The van der Waals surface area contributed by atoms with Gasteiger partial charge in [-0.3, -0.25) is 4.79 Å². The molecule has 1 aliphatic rings. The molecule has 0 saturated carbocycles. The Morgan fingerprint density at radius 1 is 1.55 bits per heavy atom. The van der Waals surface area contributed by atoms with Crippen molar-refractivity contribution in [2.75, 3.05) is 18.4 Å². The summed E-state index contributed by atoms with van der Waals surface area (Å²) in [5, 5.41) is 5.78. The second-order valence-corrected chi connectivity index (χ2v) is 6.26. The number of carbonyl (C=O) groups excluding carboxylic acids is 1. The first-order valence-corrected chi connectivity index (χ1v) is 7.66. The molecule has 0 radical (unpaired) electrons. The predicted octanol–water partition coefficient (Wildman–Crippen LogP) is 3.77. The first-order chi connectivity index (χ1) is 10.4. The molecule has 0 spiro atoms. The number of amides is 1. The second-order valence-electron chi connectivity index (χ2n) is 4.91. The summed E-state index contributed by atoms with van der Waals surface area (Å²) in [5.74, 6) is -0.175. The smallest absolute Gasteiger partial charge is 0.323 e. The summed E-state index contributed by atoms with van der Waals surface area (Å²) < 4.78 is 23.8. The van der Waals surface area contributed by atoms with Crippen LogP contribution in [0.5, 0.6) is 0 Å². The molecule has 8 heteroatoms. The van der Waals surface area contributed by atoms with Crippen LogP contribution in [0.1, 0.15) is 12.0 Å². The number of hydrogen-bond donors (Lipinski definition) is 1. The number of likely N-dealkylation sites (tertiary alicyclic amines) is 1. The maximum Gasteiger partial charge on any atom is 0.323 e. The van der Waals surface area contributed by atoms with E-state index in [9.17, 15) is 18.5 Å². The summed E-state index contributed by atoms with van der Waals surface area (Å²) in [4.78, 5) is 24.1. The largest absolute Gasteiger partial charge is 0.379 e. The van der Waals surface area contributed by atoms with Gasteiger partial charge in [-0.25, -0.2) is 0 Å². The minimum absolute atomic E-state index is 0.123. The van der Waals surface area contributed by atoms with Gasteiger partial charge in [-0.2, -0.15) is 8.78 Å². The van der Waals surface area contributed by atoms with E-state index in [1.807, 2.05) is 0 Å². The lowest BCUT2D eigenvalue weighted by Crippen LogP contribution is -2.30. The van der Waals surface area contributed by atoms with Crippen molar-refractivity contribution in [2.24, 2.45) is 5.18 Å². The summed E-state index contributed by atoms with van der Waals surface area (Å²) in [6.45, 7) is 4.40. The molecule has 1 atom stereocenters. The molecule has 0 unspecified atom stereocenters. The Kier molecular flexibility index (Phi) is 5.09. The Balaban J connectivity index is 2.19. The zero-order valence-corrected chi connectivity index (χ0v) is 13.7. The molecular formula is C14H14F2IN3O2. The van der Waals surface area contributed by atoms with E-state index in [4.69, 9.17) is 0 Å². The fraction of sp³-hybridized carbons (Fsp3) is 0.357. The minimum atomic E-state index is -3.18. The topological polar surface area (TPSA) is 61.8 Å². The SMILES string of the molecule is C=CC(=O)N1CC[C@H](Nc2cccc(C(F)(F)I)c2N=O)C1. The van der Waals surface area contributed by atoms with E-state index in [-0.39, 0.29) is 23.3 Å². The van der Waals surface area contributed by atoms with E-state index >= 15 is 0 Å². The highest BCUT2D eigenvalue weighted by Crippen LogP contribution is 2.44. The van der Waals surface area contributed by atoms with Crippen LogP contribution in [0.25, 0.3) is 0 Å². The summed E-state index contributed by atoms with van der Waals surface area (Å²) in [5.41, 5.74) is -0.470. The Bertz CT molecular complexity index is 604. The quantitative estimate of drug-likeness (QED) is 0.341. The van der Waals surface area contributed by atoms with Gasteiger partial charge in [-0.15, -0.1) is 4.91 Å². The fourth-order valence-corrected chi connectivity index (χ4v) is 2.85. The average Bonchev–Trinajstić information content (AvgIpc) is 2.93. The van der Waals surface area contributed by atoms with Gasteiger partial charge in [-0.05, 0) is 29.8 Å². The maximum atomic E-state index is 13.5. The number of nitroso groups, excluding NO2 is 1. The van der Waals surface area contributed by atoms with Crippen LogP contribution >= 0.6 is 22.6 Å². The van der Waals surface area contributed by atoms with E-state index in [0.29, 0.717) is 19.5 Å². The molecule has 5 nitrogen and oxygen atoms in total. The number of hydrogen-bond acceptors (Lipinski definition) is 4. The molecule has 1 aliphatic heterocycles. The standard InChI is InChI=1S/C14H14F2IN3O2/c1-2-12(21)20-7-6-9(8-20)18-11-5-3-4-10(13(11)19-22)14(15,16)17/h2-5,9,18H,1,6-8H2/t9-/m0/s1. The molecule has 0 aliphatic carbocycles. The minimum Gasteiger partial charge on any atom is -0.379 e. The Labute approximate surface area is 139 Å². The fourth-order valence-electron chi connectivity index (χ4n) is 2.41. The summed E-state index contributed by atoms with van der Waals surface area (Å²) in [6, 6.07) is 4.03. The summed E-state index contributed by atoms with van der Waals surface area (Å²) in [7, 11) is 0. The number of alkyl halides is 3. The summed E-state index contributed by atoms with van der Waals surface area (Å²) >= 11 is 0.966. The van der Waals surface area contributed by atoms with Crippen LogP contribution < -0.4 is 5.32 Å². The normalized spacial score (nSPS) is 18.1. The van der Waals surface area contributed by atoms with E-state index in [2.05, 4.69) is 17.1 Å². The van der Waals surface area contributed by atoms with Crippen LogP contribution in [-0.2, 0) is 8.72 Å². The van der Waals surface area contributed by atoms with Gasteiger partial charge in [0, 0.05) is 41.7 Å². The van der Waals surface area contributed by atoms with Gasteiger partial charge in [0.25, 0.3) is 0 Å². The lowest BCUT2D eigenvalue weighted by Gasteiger charge is -2.19. The van der Waals surface area contributed by atoms with Crippen LogP contribution in [-0.4, -0.2) is 29.9 Å². The van der Waals surface area contributed by atoms with Crippen LogP contribution in [0.3, 0.4) is 0 Å². The molecule has 1 saturated heterocycles. The number of halogens is 3. The van der Waals surface area contributed by atoms with Crippen molar-refractivity contribution in [3.05, 3.63) is 41.3 Å². The zero-order valence-electron chi connectivity index (χ0n) is 11.6. The highest BCUT2D eigenvalue weighted by Gasteiger charge is 2.33. The van der Waals surface area contributed by atoms with Gasteiger partial charge in [0.2, 0.25) is 5.91 Å². The van der Waals surface area contributed by atoms with Gasteiger partial charge in [-0.1, -0.05) is 12.6 Å². The number of nitrogens with one attached hydrogen (secondary N) is 1. The molecule has 22 heavy (non-hydrogen) atoms. The Morgan fingerprint density at radius 3 is 2.86 bits per heavy atom. The molecule has 1 aromatic rings. The van der Waals surface area contributed by atoms with Gasteiger partial charge in [0.15, 0.2) is 0 Å². The van der Waals surface area contributed by atoms with Crippen molar-refractivity contribution in [2.45, 2.75) is 16.4 Å². The van der Waals surface area contributed by atoms with Crippen molar-refractivity contribution in [1.29, 1.82) is 0 Å². The maximum absolute atomic E-state index is 13.5. The molecule has 2 rings (SSSR count). The number of benzene rings is 1. The van der Waals surface area contributed by atoms with Gasteiger partial charge in [0.05, 0.1) is 11.3 Å². The highest BCUT2D eigenvalue weighted by atomic mass is 127. The van der Waals surface area contributed by atoms with Crippen LogP contribution in [0.15, 0.2) is 36.0 Å². The molecule has 0 aromatic heterocycles. The molecule has 1 heterocycles. The molecule has 1 N–H and O–H groups in total. The number of nitrogens with zero attached hydrogens (tertiary/aromatic N) is 2. The Hall–Kier alpha value is -1.58. The zero-order chi connectivity index (χ0) is 16.3. The molecule has 118 valence electrons. The van der Waals surface area contributed by atoms with E-state index in [1.165, 1.54) is 24.3 Å². The first kappa shape index (κ1) is 16.8. The van der Waals surface area contributed by atoms with E-state index < -0.39 is 9.49 Å². The number of anilines is 1. The predicted molar refractivity (Wildman–Crippen MR) is 88.6 cm³/mol. The number of carbonyl (C=O) groups is 1. The van der Waals surface area contributed by atoms with Gasteiger partial charge >= 0.3 is 3.93 Å². The third-order valence-corrected chi connectivity index (χ3v) is 4.05. The number of rotatable bonds is 5. The van der Waals surface area contributed by atoms with Crippen molar-refractivity contribution in [3.63, 3.8) is 0 Å². The molecule has 1 aromatic carbocycles. The molecule has 1 fully saturated rings. The second kappa shape index (κ2) is 6.67. The van der Waals surface area contributed by atoms with Crippen molar-refractivity contribution < 1.29 is 13.6 Å². The average molecular weight is 421 g/mol.